The minimum Gasteiger partial charge on any atom is -0.497 e. The van der Waals surface area contributed by atoms with Crippen molar-refractivity contribution in [3.05, 3.63) is 54.1 Å². The first-order valence-electron chi connectivity index (χ1n) is 9.99. The van der Waals surface area contributed by atoms with Crippen molar-refractivity contribution in [2.45, 2.75) is 24.2 Å². The van der Waals surface area contributed by atoms with E-state index in [1.807, 2.05) is 30.3 Å². The third-order valence-corrected chi connectivity index (χ3v) is 7.19. The molecule has 1 aliphatic heterocycles. The molecule has 1 aliphatic rings. The van der Waals surface area contributed by atoms with Crippen LogP contribution in [0.1, 0.15) is 18.4 Å². The zero-order valence-corrected chi connectivity index (χ0v) is 18.2. The second-order valence-corrected chi connectivity index (χ2v) is 9.15. The molecule has 162 valence electrons. The van der Waals surface area contributed by atoms with Crippen LogP contribution in [0.4, 0.5) is 0 Å². The maximum absolute atomic E-state index is 13.3. The fraction of sp³-hybridized carbons (Fsp3) is 0.409. The van der Waals surface area contributed by atoms with Crippen molar-refractivity contribution in [1.29, 1.82) is 0 Å². The lowest BCUT2D eigenvalue weighted by atomic mass is 9.99. The van der Waals surface area contributed by atoms with Crippen LogP contribution < -0.4 is 14.8 Å². The smallest absolute Gasteiger partial charge is 0.246 e. The highest BCUT2D eigenvalue weighted by Gasteiger charge is 2.35. The van der Waals surface area contributed by atoms with Crippen LogP contribution in [0.25, 0.3) is 0 Å². The van der Waals surface area contributed by atoms with E-state index in [4.69, 9.17) is 9.47 Å². The van der Waals surface area contributed by atoms with E-state index < -0.39 is 10.0 Å². The van der Waals surface area contributed by atoms with Crippen molar-refractivity contribution in [1.82, 2.24) is 9.62 Å². The van der Waals surface area contributed by atoms with Gasteiger partial charge in [0.25, 0.3) is 0 Å². The molecule has 2 aromatic carbocycles. The Morgan fingerprint density at radius 1 is 1.13 bits per heavy atom. The van der Waals surface area contributed by atoms with E-state index in [1.54, 1.807) is 12.1 Å². The number of carbonyl (C=O) groups is 1. The van der Waals surface area contributed by atoms with Gasteiger partial charge in [-0.25, -0.2) is 8.42 Å². The summed E-state index contributed by atoms with van der Waals surface area (Å²) in [6.45, 7) is 1.05. The predicted octanol–water partition coefficient (Wildman–Crippen LogP) is 2.46. The minimum absolute atomic E-state index is 0.0504. The lowest BCUT2D eigenvalue weighted by Gasteiger charge is -2.31. The number of hydrogen-bond acceptors (Lipinski definition) is 5. The van der Waals surface area contributed by atoms with Gasteiger partial charge in [-0.15, -0.1) is 0 Å². The molecule has 0 radical (unpaired) electrons. The number of sulfonamides is 1. The van der Waals surface area contributed by atoms with Crippen molar-refractivity contribution < 1.29 is 22.7 Å². The molecule has 8 heteroatoms. The van der Waals surface area contributed by atoms with Gasteiger partial charge < -0.3 is 14.8 Å². The van der Waals surface area contributed by atoms with Crippen molar-refractivity contribution in [2.75, 3.05) is 33.9 Å². The van der Waals surface area contributed by atoms with E-state index in [-0.39, 0.29) is 29.0 Å². The number of rotatable bonds is 8. The molecule has 0 spiro atoms. The molecule has 3 rings (SSSR count). The number of piperidine rings is 1. The molecule has 0 bridgehead atoms. The van der Waals surface area contributed by atoms with Crippen LogP contribution in [-0.4, -0.2) is 52.5 Å². The van der Waals surface area contributed by atoms with Crippen LogP contribution in [-0.2, 0) is 21.2 Å². The second-order valence-electron chi connectivity index (χ2n) is 7.25. The molecule has 0 aromatic heterocycles. The Balaban J connectivity index is 1.67. The van der Waals surface area contributed by atoms with E-state index in [0.717, 1.165) is 12.0 Å². The third-order valence-electron chi connectivity index (χ3n) is 5.30. The molecule has 0 aliphatic carbocycles. The number of methoxy groups -OCH3 is 2. The first kappa shape index (κ1) is 22.1. The summed E-state index contributed by atoms with van der Waals surface area (Å²) in [5, 5.41) is 2.95. The summed E-state index contributed by atoms with van der Waals surface area (Å²) >= 11 is 0. The van der Waals surface area contributed by atoms with Crippen molar-refractivity contribution >= 4 is 15.9 Å². The number of benzene rings is 2. The van der Waals surface area contributed by atoms with Gasteiger partial charge in [0, 0.05) is 25.7 Å². The Kier molecular flexibility index (Phi) is 7.33. The van der Waals surface area contributed by atoms with E-state index >= 15 is 0 Å². The number of carbonyl (C=O) groups excluding carboxylic acids is 1. The van der Waals surface area contributed by atoms with Crippen LogP contribution in [0, 0.1) is 5.92 Å². The topological polar surface area (TPSA) is 84.9 Å². The van der Waals surface area contributed by atoms with Crippen molar-refractivity contribution in [3.8, 4) is 11.5 Å². The summed E-state index contributed by atoms with van der Waals surface area (Å²) in [4.78, 5) is 12.7. The Morgan fingerprint density at radius 2 is 1.90 bits per heavy atom. The quantitative estimate of drug-likeness (QED) is 0.693. The van der Waals surface area contributed by atoms with Crippen LogP contribution in [0.15, 0.2) is 53.4 Å². The number of nitrogens with one attached hydrogen (secondary N) is 1. The number of hydrogen-bond donors (Lipinski definition) is 1. The van der Waals surface area contributed by atoms with Crippen LogP contribution in [0.5, 0.6) is 11.5 Å². The molecule has 1 amide bonds. The Morgan fingerprint density at radius 3 is 2.60 bits per heavy atom. The maximum Gasteiger partial charge on any atom is 0.246 e. The lowest BCUT2D eigenvalue weighted by molar-refractivity contribution is -0.126. The van der Waals surface area contributed by atoms with Gasteiger partial charge in [-0.1, -0.05) is 30.3 Å². The highest BCUT2D eigenvalue weighted by atomic mass is 32.2. The molecule has 1 fully saturated rings. The zero-order valence-electron chi connectivity index (χ0n) is 17.3. The first-order chi connectivity index (χ1) is 14.5. The second kappa shape index (κ2) is 9.95. The minimum atomic E-state index is -3.82. The highest BCUT2D eigenvalue weighted by molar-refractivity contribution is 7.89. The van der Waals surface area contributed by atoms with Crippen molar-refractivity contribution in [2.24, 2.45) is 5.92 Å². The van der Waals surface area contributed by atoms with E-state index in [9.17, 15) is 13.2 Å². The SMILES string of the molecule is COc1ccc(OC)c(S(=O)(=O)N2CCC[C@@H](C(=O)NCCc3ccccc3)C2)c1. The highest BCUT2D eigenvalue weighted by Crippen LogP contribution is 2.32. The Hall–Kier alpha value is -2.58. The average molecular weight is 433 g/mol. The fourth-order valence-corrected chi connectivity index (χ4v) is 5.31. The molecule has 0 saturated carbocycles. The van der Waals surface area contributed by atoms with Crippen molar-refractivity contribution in [3.63, 3.8) is 0 Å². The molecule has 0 unspecified atom stereocenters. The van der Waals surface area contributed by atoms with E-state index in [0.29, 0.717) is 31.7 Å². The zero-order chi connectivity index (χ0) is 21.6. The molecule has 7 nitrogen and oxygen atoms in total. The average Bonchev–Trinajstić information content (AvgIpc) is 2.79. The molecular formula is C22H28N2O5S. The van der Waals surface area contributed by atoms with Gasteiger partial charge in [0.05, 0.1) is 20.1 Å². The normalized spacial score (nSPS) is 17.3. The van der Waals surface area contributed by atoms with Gasteiger partial charge in [0.15, 0.2) is 0 Å². The Bertz CT molecular complexity index is 963. The number of ether oxygens (including phenoxy) is 2. The lowest BCUT2D eigenvalue weighted by Crippen LogP contribution is -2.45. The van der Waals surface area contributed by atoms with Crippen LogP contribution >= 0.6 is 0 Å². The number of nitrogens with zero attached hydrogens (tertiary/aromatic N) is 1. The summed E-state index contributed by atoms with van der Waals surface area (Å²) in [5.74, 6) is 0.205. The monoisotopic (exact) mass is 432 g/mol. The fourth-order valence-electron chi connectivity index (χ4n) is 3.62. The van der Waals surface area contributed by atoms with Gasteiger partial charge >= 0.3 is 0 Å². The van der Waals surface area contributed by atoms with Gasteiger partial charge in [-0.3, -0.25) is 4.79 Å². The molecule has 1 saturated heterocycles. The van der Waals surface area contributed by atoms with Gasteiger partial charge in [-0.05, 0) is 37.0 Å². The van der Waals surface area contributed by atoms with E-state index in [2.05, 4.69) is 5.32 Å². The maximum atomic E-state index is 13.3. The number of amides is 1. The molecule has 1 N–H and O–H groups in total. The van der Waals surface area contributed by atoms with Gasteiger partial charge in [0.1, 0.15) is 16.4 Å². The predicted molar refractivity (Wildman–Crippen MR) is 114 cm³/mol. The van der Waals surface area contributed by atoms with E-state index in [1.165, 1.54) is 24.6 Å². The molecule has 1 atom stereocenters. The van der Waals surface area contributed by atoms with Gasteiger partial charge in [0.2, 0.25) is 15.9 Å². The molecule has 2 aromatic rings. The third kappa shape index (κ3) is 5.12. The van der Waals surface area contributed by atoms with Crippen LogP contribution in [0.2, 0.25) is 0 Å². The molecular weight excluding hydrogens is 404 g/mol. The first-order valence-corrected chi connectivity index (χ1v) is 11.4. The largest absolute Gasteiger partial charge is 0.497 e. The molecule has 30 heavy (non-hydrogen) atoms. The standard InChI is InChI=1S/C22H28N2O5S/c1-28-19-10-11-20(29-2)21(15-19)30(26,27)24-14-6-9-18(16-24)22(25)23-13-12-17-7-4-3-5-8-17/h3-5,7-8,10-11,15,18H,6,9,12-14,16H2,1-2H3,(H,23,25)/t18-/m1/s1. The summed E-state index contributed by atoms with van der Waals surface area (Å²) in [5.41, 5.74) is 1.15. The summed E-state index contributed by atoms with van der Waals surface area (Å²) in [6, 6.07) is 14.6. The van der Waals surface area contributed by atoms with Gasteiger partial charge in [-0.2, -0.15) is 4.31 Å². The summed E-state index contributed by atoms with van der Waals surface area (Å²) < 4.78 is 38.3. The molecule has 1 heterocycles. The Labute approximate surface area is 178 Å². The summed E-state index contributed by atoms with van der Waals surface area (Å²) in [7, 11) is -0.907. The van der Waals surface area contributed by atoms with Crippen LogP contribution in [0.3, 0.4) is 0 Å². The summed E-state index contributed by atoms with van der Waals surface area (Å²) in [6.07, 6.45) is 2.03.